The van der Waals surface area contributed by atoms with E-state index < -0.39 is 17.2 Å². The van der Waals surface area contributed by atoms with E-state index in [1.54, 1.807) is 4.90 Å². The van der Waals surface area contributed by atoms with Crippen LogP contribution in [0.15, 0.2) is 24.4 Å². The molecule has 1 aromatic carbocycles. The first kappa shape index (κ1) is 18.9. The molecule has 1 aliphatic rings. The topological polar surface area (TPSA) is 71.5 Å². The lowest BCUT2D eigenvalue weighted by molar-refractivity contribution is 0.0240. The maximum atomic E-state index is 14.0. The van der Waals surface area contributed by atoms with E-state index in [0.29, 0.717) is 32.1 Å². The summed E-state index contributed by atoms with van der Waals surface area (Å²) in [4.78, 5) is 19.9. The summed E-state index contributed by atoms with van der Waals surface area (Å²) in [6, 6.07) is 3.17. The minimum absolute atomic E-state index is 0.0264. The van der Waals surface area contributed by atoms with Crippen LogP contribution in [-0.4, -0.2) is 58.0 Å². The molecule has 1 amide bonds. The molecule has 1 saturated heterocycles. The smallest absolute Gasteiger partial charge is 0.410 e. The number of carbonyl (C=O) groups excluding carboxylic acids is 1. The van der Waals surface area contributed by atoms with Gasteiger partial charge in [0.1, 0.15) is 17.2 Å². The van der Waals surface area contributed by atoms with Gasteiger partial charge in [0.15, 0.2) is 0 Å². The van der Waals surface area contributed by atoms with Crippen molar-refractivity contribution in [2.24, 2.45) is 0 Å². The number of anilines is 1. The molecule has 1 aromatic heterocycles. The molecule has 0 aliphatic carbocycles. The van der Waals surface area contributed by atoms with Crippen LogP contribution in [0.5, 0.6) is 0 Å². The first-order valence-electron chi connectivity index (χ1n) is 8.61. The van der Waals surface area contributed by atoms with Gasteiger partial charge in [0.25, 0.3) is 0 Å². The van der Waals surface area contributed by atoms with Crippen molar-refractivity contribution < 1.29 is 18.3 Å². The number of hydrogen-bond acceptors (Lipinski definition) is 6. The number of carbonyl (C=O) groups is 1. The molecule has 3 rings (SSSR count). The number of halogens is 2. The van der Waals surface area contributed by atoms with Gasteiger partial charge in [0.2, 0.25) is 5.95 Å². The van der Waals surface area contributed by atoms with Gasteiger partial charge in [-0.05, 0) is 39.0 Å². The van der Waals surface area contributed by atoms with Crippen LogP contribution in [-0.2, 0) is 4.74 Å². The molecule has 2 aromatic rings. The zero-order valence-corrected chi connectivity index (χ0v) is 15.4. The Bertz CT molecular complexity index is 833. The van der Waals surface area contributed by atoms with Gasteiger partial charge in [-0.1, -0.05) is 0 Å². The number of amides is 1. The van der Waals surface area contributed by atoms with E-state index in [2.05, 4.69) is 15.2 Å². The summed E-state index contributed by atoms with van der Waals surface area (Å²) in [5.74, 6) is -0.838. The summed E-state index contributed by atoms with van der Waals surface area (Å²) in [6.45, 7) is 7.30. The standard InChI is InChI=1S/C18H21F2N5O2/c1-18(2,3)27-17(26)25-8-6-24(7-9-25)16-22-15(11-21-23-16)13-10-12(19)4-5-14(13)20/h4-5,10-11H,6-9H2,1-3H3. The first-order valence-corrected chi connectivity index (χ1v) is 8.61. The zero-order chi connectivity index (χ0) is 19.6. The fourth-order valence-electron chi connectivity index (χ4n) is 2.67. The number of ether oxygens (including phenoxy) is 1. The van der Waals surface area contributed by atoms with Gasteiger partial charge in [0.05, 0.1) is 11.9 Å². The van der Waals surface area contributed by atoms with Crippen molar-refractivity contribution in [3.8, 4) is 11.3 Å². The molecule has 1 aliphatic heterocycles. The highest BCUT2D eigenvalue weighted by Gasteiger charge is 2.27. The summed E-state index contributed by atoms with van der Waals surface area (Å²) in [5, 5.41) is 7.84. The van der Waals surface area contributed by atoms with Gasteiger partial charge < -0.3 is 14.5 Å². The van der Waals surface area contributed by atoms with Gasteiger partial charge in [-0.3, -0.25) is 0 Å². The predicted molar refractivity (Wildman–Crippen MR) is 95.2 cm³/mol. The quantitative estimate of drug-likeness (QED) is 0.801. The zero-order valence-electron chi connectivity index (χ0n) is 15.4. The average Bonchev–Trinajstić information content (AvgIpc) is 2.62. The minimum atomic E-state index is -0.586. The lowest BCUT2D eigenvalue weighted by Gasteiger charge is -2.35. The minimum Gasteiger partial charge on any atom is -0.444 e. The van der Waals surface area contributed by atoms with Crippen LogP contribution < -0.4 is 4.90 Å². The molecule has 9 heteroatoms. The maximum absolute atomic E-state index is 14.0. The van der Waals surface area contributed by atoms with Crippen LogP contribution in [0.25, 0.3) is 11.3 Å². The predicted octanol–water partition coefficient (Wildman–Crippen LogP) is 2.87. The van der Waals surface area contributed by atoms with Crippen molar-refractivity contribution in [1.82, 2.24) is 20.1 Å². The number of nitrogens with zero attached hydrogens (tertiary/aromatic N) is 5. The second-order valence-electron chi connectivity index (χ2n) is 7.22. The van der Waals surface area contributed by atoms with Gasteiger partial charge in [-0.2, -0.15) is 5.10 Å². The SMILES string of the molecule is CC(C)(C)OC(=O)N1CCN(c2nncc(-c3cc(F)ccc3F)n2)CC1. The number of piperazine rings is 1. The number of rotatable bonds is 2. The molecule has 0 bridgehead atoms. The van der Waals surface area contributed by atoms with Gasteiger partial charge in [0, 0.05) is 31.7 Å². The van der Waals surface area contributed by atoms with Gasteiger partial charge in [-0.15, -0.1) is 5.10 Å². The highest BCUT2D eigenvalue weighted by Crippen LogP contribution is 2.23. The van der Waals surface area contributed by atoms with Crippen molar-refractivity contribution in [3.05, 3.63) is 36.0 Å². The first-order chi connectivity index (χ1) is 12.7. The summed E-state index contributed by atoms with van der Waals surface area (Å²) >= 11 is 0. The maximum Gasteiger partial charge on any atom is 0.410 e. The van der Waals surface area contributed by atoms with E-state index in [9.17, 15) is 13.6 Å². The molecule has 0 saturated carbocycles. The van der Waals surface area contributed by atoms with Crippen LogP contribution in [0.2, 0.25) is 0 Å². The molecular weight excluding hydrogens is 356 g/mol. The van der Waals surface area contributed by atoms with Crippen LogP contribution in [0.1, 0.15) is 20.8 Å². The van der Waals surface area contributed by atoms with E-state index >= 15 is 0 Å². The second kappa shape index (κ2) is 7.42. The lowest BCUT2D eigenvalue weighted by Crippen LogP contribution is -2.50. The van der Waals surface area contributed by atoms with E-state index in [4.69, 9.17) is 4.74 Å². The van der Waals surface area contributed by atoms with Crippen molar-refractivity contribution in [2.75, 3.05) is 31.1 Å². The largest absolute Gasteiger partial charge is 0.444 e. The molecule has 0 unspecified atom stereocenters. The molecule has 27 heavy (non-hydrogen) atoms. The highest BCUT2D eigenvalue weighted by atomic mass is 19.1. The molecule has 144 valence electrons. The van der Waals surface area contributed by atoms with Crippen LogP contribution in [0.4, 0.5) is 19.5 Å². The Labute approximate surface area is 156 Å². The van der Waals surface area contributed by atoms with Crippen molar-refractivity contribution in [3.63, 3.8) is 0 Å². The van der Waals surface area contributed by atoms with E-state index in [-0.39, 0.29) is 17.4 Å². The third-order valence-electron chi connectivity index (χ3n) is 3.97. The normalized spacial score (nSPS) is 15.0. The average molecular weight is 377 g/mol. The molecule has 0 atom stereocenters. The highest BCUT2D eigenvalue weighted by molar-refractivity contribution is 5.68. The Balaban J connectivity index is 1.70. The van der Waals surface area contributed by atoms with Crippen LogP contribution >= 0.6 is 0 Å². The summed E-state index contributed by atoms with van der Waals surface area (Å²) < 4.78 is 32.8. The van der Waals surface area contributed by atoms with E-state index in [1.807, 2.05) is 25.7 Å². The summed E-state index contributed by atoms with van der Waals surface area (Å²) in [5.41, 5.74) is -0.324. The summed E-state index contributed by atoms with van der Waals surface area (Å²) in [7, 11) is 0. The van der Waals surface area contributed by atoms with Crippen LogP contribution in [0.3, 0.4) is 0 Å². The van der Waals surface area contributed by atoms with Gasteiger partial charge in [-0.25, -0.2) is 18.6 Å². The number of aromatic nitrogens is 3. The van der Waals surface area contributed by atoms with E-state index in [0.717, 1.165) is 18.2 Å². The molecule has 0 spiro atoms. The molecular formula is C18H21F2N5O2. The third kappa shape index (κ3) is 4.66. The molecule has 0 N–H and O–H groups in total. The molecule has 2 heterocycles. The van der Waals surface area contributed by atoms with Crippen molar-refractivity contribution in [2.45, 2.75) is 26.4 Å². The molecule has 0 radical (unpaired) electrons. The fourth-order valence-corrected chi connectivity index (χ4v) is 2.67. The number of benzene rings is 1. The Morgan fingerprint density at radius 1 is 1.15 bits per heavy atom. The van der Waals surface area contributed by atoms with Gasteiger partial charge >= 0.3 is 6.09 Å². The third-order valence-corrected chi connectivity index (χ3v) is 3.97. The Hall–Kier alpha value is -2.84. The lowest BCUT2D eigenvalue weighted by atomic mass is 10.1. The Morgan fingerprint density at radius 3 is 2.52 bits per heavy atom. The van der Waals surface area contributed by atoms with Crippen molar-refractivity contribution in [1.29, 1.82) is 0 Å². The molecule has 1 fully saturated rings. The number of hydrogen-bond donors (Lipinski definition) is 0. The van der Waals surface area contributed by atoms with E-state index in [1.165, 1.54) is 6.20 Å². The molecule has 7 nitrogen and oxygen atoms in total. The Morgan fingerprint density at radius 2 is 1.85 bits per heavy atom. The Kier molecular flexibility index (Phi) is 5.20. The fraction of sp³-hybridized carbons (Fsp3) is 0.444. The second-order valence-corrected chi connectivity index (χ2v) is 7.22. The van der Waals surface area contributed by atoms with Crippen molar-refractivity contribution >= 4 is 12.0 Å². The van der Waals surface area contributed by atoms with Crippen LogP contribution in [0, 0.1) is 11.6 Å². The summed E-state index contributed by atoms with van der Waals surface area (Å²) in [6.07, 6.45) is 0.926. The monoisotopic (exact) mass is 377 g/mol.